The molecule has 1 aromatic carbocycles. The van der Waals surface area contributed by atoms with E-state index in [0.29, 0.717) is 39.0 Å². The molecule has 2 amide bonds. The third-order valence-corrected chi connectivity index (χ3v) is 5.28. The molecule has 4 rings (SSSR count). The second kappa shape index (κ2) is 6.87. The minimum Gasteiger partial charge on any atom is -0.368 e. The Kier molecular flexibility index (Phi) is 4.42. The lowest BCUT2D eigenvalue weighted by atomic mass is 10.1. The Labute approximate surface area is 151 Å². The van der Waals surface area contributed by atoms with Crippen molar-refractivity contribution in [3.8, 4) is 0 Å². The zero-order chi connectivity index (χ0) is 18.1. The Bertz CT molecular complexity index is 805. The second-order valence-electron chi connectivity index (χ2n) is 6.88. The average molecular weight is 354 g/mol. The molecule has 0 aliphatic carbocycles. The van der Waals surface area contributed by atoms with Crippen molar-refractivity contribution in [2.24, 2.45) is 5.73 Å². The molecule has 0 radical (unpaired) electrons. The van der Waals surface area contributed by atoms with Gasteiger partial charge in [0.2, 0.25) is 11.8 Å². The number of rotatable bonds is 4. The van der Waals surface area contributed by atoms with Crippen LogP contribution in [0.25, 0.3) is 0 Å². The SMILES string of the molecule is NC(=O)[C@@H]1CC[C@H](C(=O)N2CCn3nncc3C2)N1Cc1ccccc1. The predicted octanol–water partition coefficient (Wildman–Crippen LogP) is 0.139. The van der Waals surface area contributed by atoms with Crippen LogP contribution in [0.3, 0.4) is 0 Å². The Balaban J connectivity index is 1.53. The third-order valence-electron chi connectivity index (χ3n) is 5.28. The van der Waals surface area contributed by atoms with Crippen molar-refractivity contribution >= 4 is 11.8 Å². The highest BCUT2D eigenvalue weighted by molar-refractivity contribution is 5.86. The van der Waals surface area contributed by atoms with Crippen LogP contribution < -0.4 is 5.73 Å². The minimum atomic E-state index is -0.402. The lowest BCUT2D eigenvalue weighted by Crippen LogP contribution is -2.51. The Hall–Kier alpha value is -2.74. The third kappa shape index (κ3) is 3.08. The van der Waals surface area contributed by atoms with Gasteiger partial charge < -0.3 is 10.6 Å². The lowest BCUT2D eigenvalue weighted by molar-refractivity contribution is -0.139. The number of aromatic nitrogens is 3. The standard InChI is InChI=1S/C18H22N6O2/c19-17(25)15-6-7-16(23(15)11-13-4-2-1-3-5-13)18(26)22-8-9-24-14(12-22)10-20-21-24/h1-5,10,15-16H,6-9,11-12H2,(H2,19,25)/t15-,16+/m0/s1. The molecule has 1 aromatic heterocycles. The van der Waals surface area contributed by atoms with Gasteiger partial charge in [-0.25, -0.2) is 4.68 Å². The summed E-state index contributed by atoms with van der Waals surface area (Å²) >= 11 is 0. The van der Waals surface area contributed by atoms with Gasteiger partial charge >= 0.3 is 0 Å². The van der Waals surface area contributed by atoms with Gasteiger partial charge in [0, 0.05) is 13.1 Å². The first-order valence-electron chi connectivity index (χ1n) is 8.88. The average Bonchev–Trinajstić information content (AvgIpc) is 3.28. The summed E-state index contributed by atoms with van der Waals surface area (Å²) in [5.41, 5.74) is 7.61. The largest absolute Gasteiger partial charge is 0.368 e. The monoisotopic (exact) mass is 354 g/mol. The number of likely N-dealkylation sites (tertiary alicyclic amines) is 1. The van der Waals surface area contributed by atoms with Crippen LogP contribution in [0.15, 0.2) is 36.5 Å². The van der Waals surface area contributed by atoms with Gasteiger partial charge in [0.1, 0.15) is 0 Å². The fourth-order valence-electron chi connectivity index (χ4n) is 3.93. The van der Waals surface area contributed by atoms with Gasteiger partial charge in [-0.1, -0.05) is 35.5 Å². The number of fused-ring (bicyclic) bond motifs is 1. The molecule has 0 bridgehead atoms. The van der Waals surface area contributed by atoms with E-state index >= 15 is 0 Å². The number of carbonyl (C=O) groups is 2. The number of primary amides is 1. The molecule has 2 aromatic rings. The number of carbonyl (C=O) groups excluding carboxylic acids is 2. The normalized spacial score (nSPS) is 23.0. The van der Waals surface area contributed by atoms with Crippen LogP contribution in [0.4, 0.5) is 0 Å². The van der Waals surface area contributed by atoms with Crippen molar-refractivity contribution in [1.82, 2.24) is 24.8 Å². The van der Waals surface area contributed by atoms with Gasteiger partial charge in [0.25, 0.3) is 0 Å². The van der Waals surface area contributed by atoms with Gasteiger partial charge in [-0.05, 0) is 18.4 Å². The van der Waals surface area contributed by atoms with Crippen molar-refractivity contribution in [1.29, 1.82) is 0 Å². The predicted molar refractivity (Wildman–Crippen MR) is 93.4 cm³/mol. The zero-order valence-electron chi connectivity index (χ0n) is 14.5. The summed E-state index contributed by atoms with van der Waals surface area (Å²) in [4.78, 5) is 28.9. The van der Waals surface area contributed by atoms with E-state index in [4.69, 9.17) is 5.73 Å². The molecular weight excluding hydrogens is 332 g/mol. The molecule has 2 aliphatic rings. The number of hydrogen-bond donors (Lipinski definition) is 1. The Morgan fingerprint density at radius 3 is 2.65 bits per heavy atom. The van der Waals surface area contributed by atoms with Crippen molar-refractivity contribution in [3.05, 3.63) is 47.8 Å². The fraction of sp³-hybridized carbons (Fsp3) is 0.444. The van der Waals surface area contributed by atoms with Gasteiger partial charge in [0.15, 0.2) is 0 Å². The highest BCUT2D eigenvalue weighted by Crippen LogP contribution is 2.28. The molecule has 8 heteroatoms. The van der Waals surface area contributed by atoms with Crippen molar-refractivity contribution in [3.63, 3.8) is 0 Å². The van der Waals surface area contributed by atoms with Crippen LogP contribution in [0.1, 0.15) is 24.1 Å². The van der Waals surface area contributed by atoms with Crippen LogP contribution in [0.2, 0.25) is 0 Å². The first-order valence-corrected chi connectivity index (χ1v) is 8.88. The molecule has 136 valence electrons. The van der Waals surface area contributed by atoms with E-state index in [2.05, 4.69) is 10.3 Å². The fourth-order valence-corrected chi connectivity index (χ4v) is 3.93. The number of nitrogens with two attached hydrogens (primary N) is 1. The van der Waals surface area contributed by atoms with Crippen molar-refractivity contribution in [2.45, 2.75) is 44.6 Å². The van der Waals surface area contributed by atoms with E-state index in [-0.39, 0.29) is 17.9 Å². The molecule has 0 saturated carbocycles. The maximum absolute atomic E-state index is 13.2. The van der Waals surface area contributed by atoms with Gasteiger partial charge in [-0.3, -0.25) is 14.5 Å². The number of amides is 2. The molecule has 2 aliphatic heterocycles. The van der Waals surface area contributed by atoms with Crippen LogP contribution >= 0.6 is 0 Å². The summed E-state index contributed by atoms with van der Waals surface area (Å²) in [6.07, 6.45) is 2.96. The van der Waals surface area contributed by atoms with E-state index in [1.54, 1.807) is 6.20 Å². The minimum absolute atomic E-state index is 0.0529. The van der Waals surface area contributed by atoms with E-state index in [1.807, 2.05) is 44.8 Å². The molecule has 2 atom stereocenters. The summed E-state index contributed by atoms with van der Waals surface area (Å²) in [6.45, 7) is 2.29. The van der Waals surface area contributed by atoms with Gasteiger partial charge in [-0.15, -0.1) is 5.10 Å². The highest BCUT2D eigenvalue weighted by atomic mass is 16.2. The molecule has 3 heterocycles. The van der Waals surface area contributed by atoms with Crippen molar-refractivity contribution < 1.29 is 9.59 Å². The summed E-state index contributed by atoms with van der Waals surface area (Å²) < 4.78 is 1.83. The van der Waals surface area contributed by atoms with Crippen LogP contribution in [0, 0.1) is 0 Å². The molecule has 1 saturated heterocycles. The highest BCUT2D eigenvalue weighted by Gasteiger charge is 2.42. The molecule has 0 unspecified atom stereocenters. The van der Waals surface area contributed by atoms with Gasteiger partial charge in [-0.2, -0.15) is 0 Å². The molecular formula is C18H22N6O2. The topological polar surface area (TPSA) is 97.4 Å². The first-order chi connectivity index (χ1) is 12.6. The summed E-state index contributed by atoms with van der Waals surface area (Å²) in [5.74, 6) is -0.311. The maximum Gasteiger partial charge on any atom is 0.240 e. The Morgan fingerprint density at radius 2 is 1.88 bits per heavy atom. The van der Waals surface area contributed by atoms with E-state index in [1.165, 1.54) is 0 Å². The van der Waals surface area contributed by atoms with E-state index in [0.717, 1.165) is 11.3 Å². The van der Waals surface area contributed by atoms with Crippen LogP contribution in [-0.2, 0) is 29.2 Å². The van der Waals surface area contributed by atoms with E-state index in [9.17, 15) is 9.59 Å². The maximum atomic E-state index is 13.2. The van der Waals surface area contributed by atoms with Crippen molar-refractivity contribution in [2.75, 3.05) is 6.54 Å². The number of hydrogen-bond acceptors (Lipinski definition) is 5. The molecule has 26 heavy (non-hydrogen) atoms. The zero-order valence-corrected chi connectivity index (χ0v) is 14.5. The van der Waals surface area contributed by atoms with Crippen LogP contribution in [0.5, 0.6) is 0 Å². The van der Waals surface area contributed by atoms with Crippen LogP contribution in [-0.4, -0.2) is 55.2 Å². The molecule has 1 fully saturated rings. The summed E-state index contributed by atoms with van der Waals surface area (Å²) in [7, 11) is 0. The molecule has 2 N–H and O–H groups in total. The summed E-state index contributed by atoms with van der Waals surface area (Å²) in [6, 6.07) is 9.15. The van der Waals surface area contributed by atoms with E-state index < -0.39 is 6.04 Å². The smallest absolute Gasteiger partial charge is 0.240 e. The lowest BCUT2D eigenvalue weighted by Gasteiger charge is -2.34. The summed E-state index contributed by atoms with van der Waals surface area (Å²) in [5, 5.41) is 7.92. The first kappa shape index (κ1) is 16.7. The number of benzene rings is 1. The molecule has 0 spiro atoms. The van der Waals surface area contributed by atoms with Gasteiger partial charge in [0.05, 0.1) is 37.1 Å². The molecule has 8 nitrogen and oxygen atoms in total. The quantitative estimate of drug-likeness (QED) is 0.842. The number of nitrogens with zero attached hydrogens (tertiary/aromatic N) is 5. The Morgan fingerprint density at radius 1 is 1.12 bits per heavy atom. The second-order valence-corrected chi connectivity index (χ2v) is 6.88.